The van der Waals surface area contributed by atoms with Crippen LogP contribution in [0, 0.1) is 6.92 Å². The van der Waals surface area contributed by atoms with Crippen molar-refractivity contribution in [1.29, 1.82) is 0 Å². The van der Waals surface area contributed by atoms with Gasteiger partial charge in [0.1, 0.15) is 0 Å². The van der Waals surface area contributed by atoms with E-state index in [-0.39, 0.29) is 18.9 Å². The molecular formula is C17H19ClN2O3S. The van der Waals surface area contributed by atoms with Gasteiger partial charge in [0.25, 0.3) is 0 Å². The fraction of sp³-hybridized carbons (Fsp3) is 0.235. The summed E-state index contributed by atoms with van der Waals surface area (Å²) in [5.41, 5.74) is 2.00. The highest BCUT2D eigenvalue weighted by Crippen LogP contribution is 2.22. The van der Waals surface area contributed by atoms with Crippen molar-refractivity contribution >= 4 is 38.9 Å². The highest BCUT2D eigenvalue weighted by molar-refractivity contribution is 7.92. The van der Waals surface area contributed by atoms with Gasteiger partial charge >= 0.3 is 0 Å². The summed E-state index contributed by atoms with van der Waals surface area (Å²) in [5.74, 6) is -0.301. The largest absolute Gasteiger partial charge is 0.325 e. The first kappa shape index (κ1) is 18.3. The zero-order valence-electron chi connectivity index (χ0n) is 13.5. The normalized spacial score (nSPS) is 11.1. The number of sulfonamides is 1. The third-order valence-corrected chi connectivity index (χ3v) is 4.90. The smallest absolute Gasteiger partial charge is 0.232 e. The molecule has 0 saturated heterocycles. The number of para-hydroxylation sites is 1. The average molecular weight is 367 g/mol. The highest BCUT2D eigenvalue weighted by Gasteiger charge is 2.19. The summed E-state index contributed by atoms with van der Waals surface area (Å²) in [6.07, 6.45) is 1.15. The number of rotatable bonds is 6. The maximum atomic E-state index is 12.1. The van der Waals surface area contributed by atoms with E-state index >= 15 is 0 Å². The zero-order chi connectivity index (χ0) is 17.7. The van der Waals surface area contributed by atoms with Crippen LogP contribution in [-0.2, 0) is 14.8 Å². The van der Waals surface area contributed by atoms with Crippen LogP contribution in [0.3, 0.4) is 0 Å². The number of benzene rings is 2. The van der Waals surface area contributed by atoms with Gasteiger partial charge in [0.2, 0.25) is 15.9 Å². The monoisotopic (exact) mass is 366 g/mol. The van der Waals surface area contributed by atoms with Gasteiger partial charge in [-0.3, -0.25) is 9.10 Å². The Hall–Kier alpha value is -2.05. The molecule has 1 N–H and O–H groups in total. The molecule has 5 nitrogen and oxygen atoms in total. The average Bonchev–Trinajstić information content (AvgIpc) is 2.48. The lowest BCUT2D eigenvalue weighted by molar-refractivity contribution is -0.116. The molecule has 0 aliphatic rings. The van der Waals surface area contributed by atoms with Crippen molar-refractivity contribution in [1.82, 2.24) is 0 Å². The fourth-order valence-corrected chi connectivity index (χ4v) is 3.35. The van der Waals surface area contributed by atoms with Gasteiger partial charge in [-0.05, 0) is 36.8 Å². The molecule has 0 saturated carbocycles. The second-order valence-electron chi connectivity index (χ2n) is 5.45. The topological polar surface area (TPSA) is 66.5 Å². The Balaban J connectivity index is 2.09. The Labute approximate surface area is 147 Å². The van der Waals surface area contributed by atoms with E-state index < -0.39 is 10.0 Å². The van der Waals surface area contributed by atoms with Gasteiger partial charge in [0.15, 0.2) is 0 Å². The molecule has 2 aromatic rings. The van der Waals surface area contributed by atoms with Crippen LogP contribution in [0.2, 0.25) is 5.02 Å². The summed E-state index contributed by atoms with van der Waals surface area (Å²) in [6.45, 7) is 1.94. The Morgan fingerprint density at radius 1 is 1.17 bits per heavy atom. The zero-order valence-corrected chi connectivity index (χ0v) is 15.1. The van der Waals surface area contributed by atoms with Gasteiger partial charge in [-0.25, -0.2) is 8.42 Å². The summed E-state index contributed by atoms with van der Waals surface area (Å²) in [6, 6.07) is 14.0. The quantitative estimate of drug-likeness (QED) is 0.851. The number of amides is 1. The maximum Gasteiger partial charge on any atom is 0.232 e. The maximum absolute atomic E-state index is 12.1. The minimum absolute atomic E-state index is 0.0201. The SMILES string of the molecule is Cc1cccc(N(CCC(=O)Nc2ccccc2Cl)S(C)(=O)=O)c1. The van der Waals surface area contributed by atoms with E-state index in [2.05, 4.69) is 5.32 Å². The first-order chi connectivity index (χ1) is 11.3. The third kappa shape index (κ3) is 4.97. The Morgan fingerprint density at radius 2 is 1.88 bits per heavy atom. The molecule has 2 rings (SSSR count). The molecule has 24 heavy (non-hydrogen) atoms. The Kier molecular flexibility index (Phi) is 5.85. The van der Waals surface area contributed by atoms with Crippen LogP contribution in [0.25, 0.3) is 0 Å². The van der Waals surface area contributed by atoms with E-state index in [9.17, 15) is 13.2 Å². The first-order valence-electron chi connectivity index (χ1n) is 7.36. The van der Waals surface area contributed by atoms with Gasteiger partial charge < -0.3 is 5.32 Å². The van der Waals surface area contributed by atoms with Crippen molar-refractivity contribution in [3.8, 4) is 0 Å². The van der Waals surface area contributed by atoms with Crippen molar-refractivity contribution in [3.05, 3.63) is 59.1 Å². The second kappa shape index (κ2) is 7.68. The molecule has 0 atom stereocenters. The lowest BCUT2D eigenvalue weighted by Gasteiger charge is -2.22. The number of hydrogen-bond donors (Lipinski definition) is 1. The summed E-state index contributed by atoms with van der Waals surface area (Å²) in [5, 5.41) is 3.12. The molecule has 128 valence electrons. The van der Waals surface area contributed by atoms with Gasteiger partial charge in [0, 0.05) is 13.0 Å². The highest BCUT2D eigenvalue weighted by atomic mass is 35.5. The molecule has 0 aliphatic heterocycles. The second-order valence-corrected chi connectivity index (χ2v) is 7.77. The number of hydrogen-bond acceptors (Lipinski definition) is 3. The van der Waals surface area contributed by atoms with Crippen LogP contribution in [0.15, 0.2) is 48.5 Å². The lowest BCUT2D eigenvalue weighted by atomic mass is 10.2. The molecule has 0 aromatic heterocycles. The predicted octanol–water partition coefficient (Wildman–Crippen LogP) is 3.44. The van der Waals surface area contributed by atoms with E-state index in [0.717, 1.165) is 11.8 Å². The van der Waals surface area contributed by atoms with Crippen molar-refractivity contribution in [2.24, 2.45) is 0 Å². The number of aryl methyl sites for hydroxylation is 1. The van der Waals surface area contributed by atoms with E-state index in [0.29, 0.717) is 16.4 Å². The lowest BCUT2D eigenvalue weighted by Crippen LogP contribution is -2.33. The van der Waals surface area contributed by atoms with E-state index in [1.807, 2.05) is 13.0 Å². The number of nitrogens with zero attached hydrogens (tertiary/aromatic N) is 1. The molecule has 0 bridgehead atoms. The number of carbonyl (C=O) groups excluding carboxylic acids is 1. The van der Waals surface area contributed by atoms with Crippen LogP contribution in [0.1, 0.15) is 12.0 Å². The minimum atomic E-state index is -3.48. The number of carbonyl (C=O) groups is 1. The van der Waals surface area contributed by atoms with Crippen LogP contribution >= 0.6 is 11.6 Å². The first-order valence-corrected chi connectivity index (χ1v) is 9.59. The van der Waals surface area contributed by atoms with Crippen molar-refractivity contribution < 1.29 is 13.2 Å². The molecular weight excluding hydrogens is 348 g/mol. The molecule has 0 radical (unpaired) electrons. The summed E-state index contributed by atoms with van der Waals surface area (Å²) >= 11 is 6.00. The summed E-state index contributed by atoms with van der Waals surface area (Å²) < 4.78 is 25.3. The third-order valence-electron chi connectivity index (χ3n) is 3.38. The van der Waals surface area contributed by atoms with Crippen molar-refractivity contribution in [2.45, 2.75) is 13.3 Å². The standard InChI is InChI=1S/C17H19ClN2O3S/c1-13-6-5-7-14(12-13)20(24(2,22)23)11-10-17(21)19-16-9-4-3-8-15(16)18/h3-9,12H,10-11H2,1-2H3,(H,19,21). The molecule has 0 spiro atoms. The van der Waals surface area contributed by atoms with Crippen LogP contribution in [0.4, 0.5) is 11.4 Å². The molecule has 0 aliphatic carbocycles. The number of nitrogens with one attached hydrogen (secondary N) is 1. The molecule has 1 amide bonds. The van der Waals surface area contributed by atoms with Crippen molar-refractivity contribution in [3.63, 3.8) is 0 Å². The van der Waals surface area contributed by atoms with Crippen LogP contribution in [-0.4, -0.2) is 27.1 Å². The van der Waals surface area contributed by atoms with Gasteiger partial charge in [0.05, 0.1) is 22.7 Å². The fourth-order valence-electron chi connectivity index (χ4n) is 2.25. The number of halogens is 1. The molecule has 7 heteroatoms. The molecule has 0 fully saturated rings. The molecule has 0 heterocycles. The van der Waals surface area contributed by atoms with Gasteiger partial charge in [-0.2, -0.15) is 0 Å². The Morgan fingerprint density at radius 3 is 2.50 bits per heavy atom. The predicted molar refractivity (Wildman–Crippen MR) is 98.1 cm³/mol. The van der Waals surface area contributed by atoms with Crippen LogP contribution in [0.5, 0.6) is 0 Å². The van der Waals surface area contributed by atoms with Crippen molar-refractivity contribution in [2.75, 3.05) is 22.4 Å². The molecule has 2 aromatic carbocycles. The van der Waals surface area contributed by atoms with E-state index in [1.165, 1.54) is 4.31 Å². The summed E-state index contributed by atoms with van der Waals surface area (Å²) in [4.78, 5) is 12.1. The molecule has 0 unspecified atom stereocenters. The van der Waals surface area contributed by atoms with Gasteiger partial charge in [-0.1, -0.05) is 35.9 Å². The summed E-state index contributed by atoms with van der Waals surface area (Å²) in [7, 11) is -3.48. The number of anilines is 2. The van der Waals surface area contributed by atoms with Crippen LogP contribution < -0.4 is 9.62 Å². The van der Waals surface area contributed by atoms with E-state index in [1.54, 1.807) is 42.5 Å². The minimum Gasteiger partial charge on any atom is -0.325 e. The van der Waals surface area contributed by atoms with Gasteiger partial charge in [-0.15, -0.1) is 0 Å². The van der Waals surface area contributed by atoms with E-state index in [4.69, 9.17) is 11.6 Å². The Bertz CT molecular complexity index is 837.